The van der Waals surface area contributed by atoms with Crippen molar-refractivity contribution in [3.05, 3.63) is 0 Å². The summed E-state index contributed by atoms with van der Waals surface area (Å²) in [7, 11) is 0. The number of hydrogen-bond donors (Lipinski definition) is 2. The molecule has 3 heteroatoms. The quantitative estimate of drug-likeness (QED) is 0.737. The number of hydrogen-bond acceptors (Lipinski definition) is 2. The molecule has 1 heterocycles. The Morgan fingerprint density at radius 3 is 2.67 bits per heavy atom. The third-order valence-corrected chi connectivity index (χ3v) is 3.68. The zero-order valence-electron chi connectivity index (χ0n) is 9.43. The van der Waals surface area contributed by atoms with E-state index in [1.54, 1.807) is 0 Å². The Hall–Kier alpha value is -0.570. The second-order valence-electron chi connectivity index (χ2n) is 4.85. The molecule has 0 aromatic heterocycles. The van der Waals surface area contributed by atoms with E-state index in [9.17, 15) is 4.79 Å². The molecule has 2 aliphatic rings. The minimum absolute atomic E-state index is 0.297. The lowest BCUT2D eigenvalue weighted by Gasteiger charge is -2.13. The topological polar surface area (TPSA) is 41.1 Å². The van der Waals surface area contributed by atoms with E-state index in [0.29, 0.717) is 17.9 Å². The van der Waals surface area contributed by atoms with E-state index in [0.717, 1.165) is 32.4 Å². The summed E-state index contributed by atoms with van der Waals surface area (Å²) in [5.74, 6) is 0.618. The molecule has 2 rings (SSSR count). The average molecular weight is 210 g/mol. The highest BCUT2D eigenvalue weighted by atomic mass is 16.1. The molecular formula is C12H22N2O. The third-order valence-electron chi connectivity index (χ3n) is 3.68. The molecule has 0 radical (unpaired) electrons. The Labute approximate surface area is 92.0 Å². The van der Waals surface area contributed by atoms with Gasteiger partial charge in [-0.2, -0.15) is 0 Å². The van der Waals surface area contributed by atoms with Crippen molar-refractivity contribution in [3.63, 3.8) is 0 Å². The van der Waals surface area contributed by atoms with Crippen LogP contribution in [0.5, 0.6) is 0 Å². The van der Waals surface area contributed by atoms with Crippen LogP contribution < -0.4 is 10.6 Å². The lowest BCUT2D eigenvalue weighted by Crippen LogP contribution is -2.33. The summed E-state index contributed by atoms with van der Waals surface area (Å²) in [4.78, 5) is 11.7. The van der Waals surface area contributed by atoms with Gasteiger partial charge in [-0.1, -0.05) is 12.8 Å². The van der Waals surface area contributed by atoms with Gasteiger partial charge in [0.2, 0.25) is 5.91 Å². The second-order valence-corrected chi connectivity index (χ2v) is 4.85. The van der Waals surface area contributed by atoms with Crippen molar-refractivity contribution in [2.45, 2.75) is 51.0 Å². The summed E-state index contributed by atoms with van der Waals surface area (Å²) >= 11 is 0. The molecule has 3 nitrogen and oxygen atoms in total. The molecule has 1 saturated carbocycles. The zero-order chi connectivity index (χ0) is 10.5. The SMILES string of the molecule is O=C(NCCC1CCCN1)C1CCCC1. The molecule has 1 unspecified atom stereocenters. The average Bonchev–Trinajstić information content (AvgIpc) is 2.90. The molecule has 15 heavy (non-hydrogen) atoms. The minimum atomic E-state index is 0.297. The van der Waals surface area contributed by atoms with Crippen molar-refractivity contribution in [2.75, 3.05) is 13.1 Å². The summed E-state index contributed by atoms with van der Waals surface area (Å²) in [5.41, 5.74) is 0. The molecule has 0 aromatic carbocycles. The van der Waals surface area contributed by atoms with E-state index in [4.69, 9.17) is 0 Å². The van der Waals surface area contributed by atoms with Crippen molar-refractivity contribution in [1.82, 2.24) is 10.6 Å². The maximum Gasteiger partial charge on any atom is 0.223 e. The normalized spacial score (nSPS) is 27.1. The van der Waals surface area contributed by atoms with Crippen molar-refractivity contribution < 1.29 is 4.79 Å². The molecule has 0 bridgehead atoms. The molecule has 0 aromatic rings. The van der Waals surface area contributed by atoms with Crippen LogP contribution in [0.15, 0.2) is 0 Å². The Morgan fingerprint density at radius 2 is 2.00 bits per heavy atom. The molecule has 86 valence electrons. The Bertz CT molecular complexity index is 206. The fourth-order valence-electron chi connectivity index (χ4n) is 2.71. The number of carbonyl (C=O) groups excluding carboxylic acids is 1. The van der Waals surface area contributed by atoms with Crippen molar-refractivity contribution in [3.8, 4) is 0 Å². The number of carbonyl (C=O) groups is 1. The van der Waals surface area contributed by atoms with Gasteiger partial charge in [-0.3, -0.25) is 4.79 Å². The molecular weight excluding hydrogens is 188 g/mol. The number of rotatable bonds is 4. The first-order chi connectivity index (χ1) is 7.36. The summed E-state index contributed by atoms with van der Waals surface area (Å²) in [6.07, 6.45) is 8.35. The van der Waals surface area contributed by atoms with Crippen molar-refractivity contribution in [2.24, 2.45) is 5.92 Å². The standard InChI is InChI=1S/C12H22N2O/c15-12(10-4-1-2-5-10)14-9-7-11-6-3-8-13-11/h10-11,13H,1-9H2,(H,14,15). The highest BCUT2D eigenvalue weighted by molar-refractivity contribution is 5.78. The largest absolute Gasteiger partial charge is 0.356 e. The van der Waals surface area contributed by atoms with Gasteiger partial charge < -0.3 is 10.6 Å². The van der Waals surface area contributed by atoms with Gasteiger partial charge in [-0.25, -0.2) is 0 Å². The predicted octanol–water partition coefficient (Wildman–Crippen LogP) is 1.43. The van der Waals surface area contributed by atoms with Gasteiger partial charge in [0.1, 0.15) is 0 Å². The fraction of sp³-hybridized carbons (Fsp3) is 0.917. The van der Waals surface area contributed by atoms with Gasteiger partial charge in [0.25, 0.3) is 0 Å². The highest BCUT2D eigenvalue weighted by Crippen LogP contribution is 2.24. The summed E-state index contributed by atoms with van der Waals surface area (Å²) in [6, 6.07) is 0.647. The zero-order valence-corrected chi connectivity index (χ0v) is 9.43. The van der Waals surface area contributed by atoms with Crippen LogP contribution in [0.2, 0.25) is 0 Å². The van der Waals surface area contributed by atoms with Crippen LogP contribution in [0.3, 0.4) is 0 Å². The first kappa shape index (κ1) is 10.9. The molecule has 1 aliphatic carbocycles. The maximum atomic E-state index is 11.7. The molecule has 1 aliphatic heterocycles. The van der Waals surface area contributed by atoms with Gasteiger partial charge in [0.15, 0.2) is 0 Å². The lowest BCUT2D eigenvalue weighted by atomic mass is 10.1. The van der Waals surface area contributed by atoms with Crippen LogP contribution in [0.25, 0.3) is 0 Å². The first-order valence-electron chi connectivity index (χ1n) is 6.37. The number of amides is 1. The summed E-state index contributed by atoms with van der Waals surface area (Å²) in [6.45, 7) is 2.01. The Kier molecular flexibility index (Phi) is 4.01. The summed E-state index contributed by atoms with van der Waals surface area (Å²) in [5, 5.41) is 6.52. The van der Waals surface area contributed by atoms with E-state index in [2.05, 4.69) is 10.6 Å². The van der Waals surface area contributed by atoms with E-state index in [-0.39, 0.29) is 0 Å². The van der Waals surface area contributed by atoms with Crippen LogP contribution in [0.1, 0.15) is 44.9 Å². The molecule has 1 saturated heterocycles. The van der Waals surface area contributed by atoms with Crippen LogP contribution in [-0.4, -0.2) is 25.0 Å². The smallest absolute Gasteiger partial charge is 0.223 e. The fourth-order valence-corrected chi connectivity index (χ4v) is 2.71. The van der Waals surface area contributed by atoms with E-state index in [1.165, 1.54) is 25.7 Å². The van der Waals surface area contributed by atoms with Gasteiger partial charge in [-0.05, 0) is 38.6 Å². The minimum Gasteiger partial charge on any atom is -0.356 e. The van der Waals surface area contributed by atoms with Gasteiger partial charge in [-0.15, -0.1) is 0 Å². The molecule has 1 amide bonds. The van der Waals surface area contributed by atoms with Crippen LogP contribution in [0.4, 0.5) is 0 Å². The van der Waals surface area contributed by atoms with Crippen molar-refractivity contribution in [1.29, 1.82) is 0 Å². The Balaban J connectivity index is 1.58. The lowest BCUT2D eigenvalue weighted by molar-refractivity contribution is -0.124. The maximum absolute atomic E-state index is 11.7. The van der Waals surface area contributed by atoms with Gasteiger partial charge in [0.05, 0.1) is 0 Å². The molecule has 1 atom stereocenters. The summed E-state index contributed by atoms with van der Waals surface area (Å²) < 4.78 is 0. The van der Waals surface area contributed by atoms with Crippen LogP contribution in [-0.2, 0) is 4.79 Å². The second kappa shape index (κ2) is 5.50. The Morgan fingerprint density at radius 1 is 1.20 bits per heavy atom. The van der Waals surface area contributed by atoms with Gasteiger partial charge in [0, 0.05) is 18.5 Å². The predicted molar refractivity (Wildman–Crippen MR) is 60.6 cm³/mol. The molecule has 2 N–H and O–H groups in total. The highest BCUT2D eigenvalue weighted by Gasteiger charge is 2.22. The van der Waals surface area contributed by atoms with E-state index >= 15 is 0 Å². The monoisotopic (exact) mass is 210 g/mol. The first-order valence-corrected chi connectivity index (χ1v) is 6.37. The van der Waals surface area contributed by atoms with Crippen LogP contribution >= 0.6 is 0 Å². The van der Waals surface area contributed by atoms with Crippen molar-refractivity contribution >= 4 is 5.91 Å². The molecule has 0 spiro atoms. The number of nitrogens with one attached hydrogen (secondary N) is 2. The molecule has 2 fully saturated rings. The van der Waals surface area contributed by atoms with Gasteiger partial charge >= 0.3 is 0 Å². The third kappa shape index (κ3) is 3.20. The van der Waals surface area contributed by atoms with E-state index < -0.39 is 0 Å². The van der Waals surface area contributed by atoms with E-state index in [1.807, 2.05) is 0 Å². The van der Waals surface area contributed by atoms with Crippen LogP contribution in [0, 0.1) is 5.92 Å².